The third kappa shape index (κ3) is 2.48. The number of fused-ring (bicyclic) bond motifs is 1. The molecule has 1 amide bonds. The average molecular weight is 325 g/mol. The predicted molar refractivity (Wildman–Crippen MR) is 76.3 cm³/mol. The zero-order valence-electron chi connectivity index (χ0n) is 10.9. The van der Waals surface area contributed by atoms with Crippen molar-refractivity contribution in [3.05, 3.63) is 16.7 Å². The topological polar surface area (TPSA) is 42.4 Å². The molecule has 0 N–H and O–H groups in total. The Bertz CT molecular complexity index is 500. The van der Waals surface area contributed by atoms with E-state index in [0.29, 0.717) is 17.5 Å². The second-order valence-electron chi connectivity index (χ2n) is 5.32. The summed E-state index contributed by atoms with van der Waals surface area (Å²) >= 11 is 3.36. The number of carbonyl (C=O) groups excluding carboxylic acids is 1. The van der Waals surface area contributed by atoms with Crippen LogP contribution in [0.2, 0.25) is 0 Å². The minimum Gasteiger partial charge on any atom is -0.477 e. The van der Waals surface area contributed by atoms with Gasteiger partial charge in [-0.2, -0.15) is 0 Å². The van der Waals surface area contributed by atoms with E-state index in [1.165, 1.54) is 25.7 Å². The highest BCUT2D eigenvalue weighted by Crippen LogP contribution is 2.35. The maximum absolute atomic E-state index is 12.3. The SMILES string of the molecule is CC1Oc2ccc(Br)nc2N(CC2CCCC2)C1=O. The van der Waals surface area contributed by atoms with Crippen LogP contribution >= 0.6 is 15.9 Å². The molecule has 5 heteroatoms. The van der Waals surface area contributed by atoms with E-state index in [1.807, 2.05) is 17.0 Å². The summed E-state index contributed by atoms with van der Waals surface area (Å²) in [5.74, 6) is 1.98. The lowest BCUT2D eigenvalue weighted by Crippen LogP contribution is -2.46. The molecular weight excluding hydrogens is 308 g/mol. The van der Waals surface area contributed by atoms with Crippen LogP contribution in [0.25, 0.3) is 0 Å². The summed E-state index contributed by atoms with van der Waals surface area (Å²) in [5.41, 5.74) is 0. The molecule has 1 aromatic heterocycles. The van der Waals surface area contributed by atoms with Gasteiger partial charge >= 0.3 is 0 Å². The Balaban J connectivity index is 1.92. The van der Waals surface area contributed by atoms with Gasteiger partial charge in [0.25, 0.3) is 5.91 Å². The molecule has 1 unspecified atom stereocenters. The molecule has 1 aliphatic heterocycles. The molecule has 0 aromatic carbocycles. The fraction of sp³-hybridized carbons (Fsp3) is 0.571. The molecular formula is C14H17BrN2O2. The lowest BCUT2D eigenvalue weighted by molar-refractivity contribution is -0.125. The third-order valence-electron chi connectivity index (χ3n) is 3.89. The van der Waals surface area contributed by atoms with E-state index < -0.39 is 6.10 Å². The predicted octanol–water partition coefficient (Wildman–Crippen LogP) is 3.15. The number of nitrogens with zero attached hydrogens (tertiary/aromatic N) is 2. The van der Waals surface area contributed by atoms with Crippen molar-refractivity contribution >= 4 is 27.7 Å². The monoisotopic (exact) mass is 324 g/mol. The van der Waals surface area contributed by atoms with Crippen LogP contribution in [0.5, 0.6) is 5.75 Å². The molecule has 102 valence electrons. The summed E-state index contributed by atoms with van der Waals surface area (Å²) in [5, 5.41) is 0. The first-order valence-electron chi connectivity index (χ1n) is 6.80. The largest absolute Gasteiger partial charge is 0.477 e. The molecule has 1 aliphatic carbocycles. The van der Waals surface area contributed by atoms with Gasteiger partial charge in [-0.05, 0) is 53.7 Å². The van der Waals surface area contributed by atoms with E-state index in [1.54, 1.807) is 6.92 Å². The summed E-state index contributed by atoms with van der Waals surface area (Å²) < 4.78 is 6.35. The number of rotatable bonds is 2. The van der Waals surface area contributed by atoms with Gasteiger partial charge in [-0.3, -0.25) is 9.69 Å². The van der Waals surface area contributed by atoms with Crippen molar-refractivity contribution in [3.63, 3.8) is 0 Å². The highest BCUT2D eigenvalue weighted by atomic mass is 79.9. The summed E-state index contributed by atoms with van der Waals surface area (Å²) in [6, 6.07) is 3.71. The molecule has 3 rings (SSSR count). The van der Waals surface area contributed by atoms with E-state index >= 15 is 0 Å². The van der Waals surface area contributed by atoms with Crippen molar-refractivity contribution in [2.24, 2.45) is 5.92 Å². The number of carbonyl (C=O) groups is 1. The number of amides is 1. The van der Waals surface area contributed by atoms with Gasteiger partial charge in [0.1, 0.15) is 4.60 Å². The molecule has 1 aromatic rings. The third-order valence-corrected chi connectivity index (χ3v) is 4.34. The first-order chi connectivity index (χ1) is 9.15. The first kappa shape index (κ1) is 12.9. The van der Waals surface area contributed by atoms with Crippen molar-refractivity contribution in [1.29, 1.82) is 0 Å². The van der Waals surface area contributed by atoms with Gasteiger partial charge in [0.05, 0.1) is 0 Å². The maximum atomic E-state index is 12.3. The lowest BCUT2D eigenvalue weighted by atomic mass is 10.1. The van der Waals surface area contributed by atoms with E-state index in [2.05, 4.69) is 20.9 Å². The Morgan fingerprint density at radius 1 is 1.42 bits per heavy atom. The molecule has 19 heavy (non-hydrogen) atoms. The molecule has 2 heterocycles. The Hall–Kier alpha value is -1.10. The zero-order chi connectivity index (χ0) is 13.4. The van der Waals surface area contributed by atoms with E-state index in [9.17, 15) is 4.79 Å². The second-order valence-corrected chi connectivity index (χ2v) is 6.13. The number of hydrogen-bond donors (Lipinski definition) is 0. The smallest absolute Gasteiger partial charge is 0.269 e. The van der Waals surface area contributed by atoms with Crippen LogP contribution in [-0.2, 0) is 4.79 Å². The van der Waals surface area contributed by atoms with Crippen molar-refractivity contribution in [2.45, 2.75) is 38.7 Å². The molecule has 1 saturated carbocycles. The van der Waals surface area contributed by atoms with Gasteiger partial charge in [0.2, 0.25) is 0 Å². The number of aromatic nitrogens is 1. The van der Waals surface area contributed by atoms with Crippen LogP contribution < -0.4 is 9.64 Å². The molecule has 0 radical (unpaired) electrons. The first-order valence-corrected chi connectivity index (χ1v) is 7.59. The second kappa shape index (κ2) is 5.12. The normalized spacial score (nSPS) is 23.4. The number of ether oxygens (including phenoxy) is 1. The standard InChI is InChI=1S/C14H17BrN2O2/c1-9-14(18)17(8-10-4-2-3-5-10)13-11(19-9)6-7-12(15)16-13/h6-7,9-10H,2-5,8H2,1H3. The van der Waals surface area contributed by atoms with Gasteiger partial charge in [0.15, 0.2) is 17.7 Å². The number of halogens is 1. The summed E-state index contributed by atoms with van der Waals surface area (Å²) in [6.07, 6.45) is 4.55. The van der Waals surface area contributed by atoms with Gasteiger partial charge in [0, 0.05) is 6.54 Å². The van der Waals surface area contributed by atoms with E-state index in [0.717, 1.165) is 11.1 Å². The van der Waals surface area contributed by atoms with Gasteiger partial charge in [-0.25, -0.2) is 4.98 Å². The highest BCUT2D eigenvalue weighted by molar-refractivity contribution is 9.10. The molecule has 1 fully saturated rings. The van der Waals surface area contributed by atoms with E-state index in [4.69, 9.17) is 4.74 Å². The van der Waals surface area contributed by atoms with E-state index in [-0.39, 0.29) is 5.91 Å². The molecule has 0 saturated heterocycles. The average Bonchev–Trinajstić information content (AvgIpc) is 2.89. The van der Waals surface area contributed by atoms with Crippen molar-refractivity contribution in [1.82, 2.24) is 4.98 Å². The van der Waals surface area contributed by atoms with Crippen LogP contribution in [0.3, 0.4) is 0 Å². The molecule has 0 bridgehead atoms. The Labute approximate surface area is 121 Å². The van der Waals surface area contributed by atoms with Crippen molar-refractivity contribution < 1.29 is 9.53 Å². The van der Waals surface area contributed by atoms with Crippen LogP contribution in [0.4, 0.5) is 5.82 Å². The quantitative estimate of drug-likeness (QED) is 0.785. The molecule has 0 spiro atoms. The van der Waals surface area contributed by atoms with Crippen molar-refractivity contribution in [2.75, 3.05) is 11.4 Å². The van der Waals surface area contributed by atoms with Crippen LogP contribution in [-0.4, -0.2) is 23.5 Å². The Kier molecular flexibility index (Phi) is 3.48. The fourth-order valence-corrected chi connectivity index (χ4v) is 3.19. The summed E-state index contributed by atoms with van der Waals surface area (Å²) in [7, 11) is 0. The number of hydrogen-bond acceptors (Lipinski definition) is 3. The van der Waals surface area contributed by atoms with Gasteiger partial charge in [-0.1, -0.05) is 12.8 Å². The molecule has 4 nitrogen and oxygen atoms in total. The lowest BCUT2D eigenvalue weighted by Gasteiger charge is -2.33. The zero-order valence-corrected chi connectivity index (χ0v) is 12.5. The van der Waals surface area contributed by atoms with Gasteiger partial charge < -0.3 is 4.74 Å². The molecule has 2 aliphatic rings. The minimum absolute atomic E-state index is 0.0185. The fourth-order valence-electron chi connectivity index (χ4n) is 2.89. The molecule has 1 atom stereocenters. The van der Waals surface area contributed by atoms with Crippen LogP contribution in [0.1, 0.15) is 32.6 Å². The number of pyridine rings is 1. The Morgan fingerprint density at radius 2 is 2.16 bits per heavy atom. The van der Waals surface area contributed by atoms with Crippen LogP contribution in [0, 0.1) is 5.92 Å². The highest BCUT2D eigenvalue weighted by Gasteiger charge is 2.34. The minimum atomic E-state index is -0.420. The summed E-state index contributed by atoms with van der Waals surface area (Å²) in [6.45, 7) is 2.57. The van der Waals surface area contributed by atoms with Gasteiger partial charge in [-0.15, -0.1) is 0 Å². The Morgan fingerprint density at radius 3 is 2.89 bits per heavy atom. The van der Waals surface area contributed by atoms with Crippen molar-refractivity contribution in [3.8, 4) is 5.75 Å². The summed E-state index contributed by atoms with van der Waals surface area (Å²) in [4.78, 5) is 18.6. The van der Waals surface area contributed by atoms with Crippen LogP contribution in [0.15, 0.2) is 16.7 Å². The number of anilines is 1. The maximum Gasteiger partial charge on any atom is 0.269 e.